The molecule has 12 aromatic rings. The van der Waals surface area contributed by atoms with Crippen LogP contribution in [-0.2, 0) is 0 Å². The molecule has 0 radical (unpaired) electrons. The number of hydrogen-bond acceptors (Lipinski definition) is 5. The zero-order valence-electron chi connectivity index (χ0n) is 31.4. The van der Waals surface area contributed by atoms with E-state index in [0.717, 1.165) is 88.4 Å². The van der Waals surface area contributed by atoms with Gasteiger partial charge >= 0.3 is 0 Å². The Morgan fingerprint density at radius 1 is 0.390 bits per heavy atom. The molecule has 0 saturated heterocycles. The number of hydrogen-bond donors (Lipinski definition) is 0. The largest absolute Gasteiger partial charge is 0.456 e. The molecule has 0 aliphatic carbocycles. The predicted molar refractivity (Wildman–Crippen MR) is 237 cm³/mol. The van der Waals surface area contributed by atoms with Crippen LogP contribution in [0.15, 0.2) is 191 Å². The van der Waals surface area contributed by atoms with Gasteiger partial charge in [-0.1, -0.05) is 115 Å². The molecule has 0 spiro atoms. The molecule has 0 amide bonds. The van der Waals surface area contributed by atoms with E-state index in [-0.39, 0.29) is 0 Å². The molecule has 0 saturated carbocycles. The Hall–Kier alpha value is -8.27. The summed E-state index contributed by atoms with van der Waals surface area (Å²) in [5.41, 5.74) is 13.1. The molecular formula is C53H30N4O2. The van der Waals surface area contributed by atoms with E-state index < -0.39 is 0 Å². The van der Waals surface area contributed by atoms with E-state index in [1.807, 2.05) is 84.9 Å². The van der Waals surface area contributed by atoms with Gasteiger partial charge in [-0.2, -0.15) is 5.26 Å². The minimum atomic E-state index is 0.439. The van der Waals surface area contributed by atoms with Crippen molar-refractivity contribution in [2.75, 3.05) is 0 Å². The Bertz CT molecular complexity index is 3620. The van der Waals surface area contributed by atoms with Crippen LogP contribution in [0.25, 0.3) is 116 Å². The van der Waals surface area contributed by atoms with Crippen molar-refractivity contribution >= 4 is 65.7 Å². The first-order chi connectivity index (χ1) is 29.2. The van der Waals surface area contributed by atoms with Crippen molar-refractivity contribution in [1.29, 1.82) is 5.26 Å². The van der Waals surface area contributed by atoms with Crippen LogP contribution in [0.2, 0.25) is 0 Å². The summed E-state index contributed by atoms with van der Waals surface area (Å²) in [5.74, 6) is 0.521. The first-order valence-corrected chi connectivity index (χ1v) is 19.5. The summed E-state index contributed by atoms with van der Waals surface area (Å²) < 4.78 is 15.0. The molecule has 6 nitrogen and oxygen atoms in total. The first-order valence-electron chi connectivity index (χ1n) is 19.5. The highest BCUT2D eigenvalue weighted by molar-refractivity contribution is 6.12. The van der Waals surface area contributed by atoms with Crippen LogP contribution in [0.5, 0.6) is 0 Å². The van der Waals surface area contributed by atoms with Gasteiger partial charge in [0.05, 0.1) is 22.4 Å². The fourth-order valence-electron chi connectivity index (χ4n) is 8.69. The number of nitrogens with zero attached hydrogens (tertiary/aromatic N) is 4. The van der Waals surface area contributed by atoms with E-state index in [0.29, 0.717) is 22.8 Å². The van der Waals surface area contributed by atoms with E-state index >= 15 is 0 Å². The van der Waals surface area contributed by atoms with Crippen LogP contribution in [0.1, 0.15) is 5.56 Å². The molecule has 0 fully saturated rings. The van der Waals surface area contributed by atoms with Crippen molar-refractivity contribution in [3.63, 3.8) is 0 Å². The lowest BCUT2D eigenvalue weighted by Gasteiger charge is -2.12. The maximum atomic E-state index is 10.4. The summed E-state index contributed by atoms with van der Waals surface area (Å²) in [6.45, 7) is 0. The molecule has 8 aromatic carbocycles. The molecule has 0 N–H and O–H groups in total. The van der Waals surface area contributed by atoms with E-state index in [4.69, 9.17) is 18.8 Å². The van der Waals surface area contributed by atoms with Crippen LogP contribution in [0.4, 0.5) is 0 Å². The lowest BCUT2D eigenvalue weighted by Crippen LogP contribution is -2.01. The van der Waals surface area contributed by atoms with Gasteiger partial charge in [0.25, 0.3) is 0 Å². The van der Waals surface area contributed by atoms with Crippen molar-refractivity contribution < 1.29 is 8.83 Å². The minimum Gasteiger partial charge on any atom is -0.456 e. The lowest BCUT2D eigenvalue weighted by atomic mass is 10.00. The number of para-hydroxylation sites is 2. The Morgan fingerprint density at radius 2 is 0.932 bits per heavy atom. The number of rotatable bonds is 5. The topological polar surface area (TPSA) is 80.8 Å². The Labute approximate surface area is 337 Å². The van der Waals surface area contributed by atoms with Gasteiger partial charge in [-0.05, 0) is 77.9 Å². The maximum absolute atomic E-state index is 10.4. The molecule has 4 aromatic heterocycles. The van der Waals surface area contributed by atoms with Gasteiger partial charge in [-0.15, -0.1) is 0 Å². The van der Waals surface area contributed by atoms with Gasteiger partial charge in [-0.25, -0.2) is 9.97 Å². The molecule has 0 bridgehead atoms. The standard InChI is InChI=1S/C53H30N4O2/c54-31-44-51(32-11-3-1-4-12-32)55-53(56-52(44)33-13-5-2-6-14-33)36-19-23-40-43-30-37(22-26-49(43)59-50(40)29-36)57-45-17-9-7-15-38(45)41-27-34(20-24-46(41)57)35-21-25-48-42(28-35)39-16-8-10-18-47(39)58-48/h1-30H. The minimum absolute atomic E-state index is 0.439. The summed E-state index contributed by atoms with van der Waals surface area (Å²) >= 11 is 0. The molecule has 0 aliphatic rings. The molecule has 59 heavy (non-hydrogen) atoms. The molecule has 0 unspecified atom stereocenters. The fourth-order valence-corrected chi connectivity index (χ4v) is 8.69. The van der Waals surface area contributed by atoms with Gasteiger partial charge in [0, 0.05) is 54.7 Å². The SMILES string of the molecule is N#Cc1c(-c2ccccc2)nc(-c2ccc3c(c2)oc2ccc(-n4c5ccccc5c5cc(-c6ccc7oc8ccccc8c7c6)ccc54)cc23)nc1-c1ccccc1. The molecular weight excluding hydrogens is 725 g/mol. The lowest BCUT2D eigenvalue weighted by molar-refractivity contribution is 0.668. The third-order valence-electron chi connectivity index (χ3n) is 11.5. The number of nitriles is 1. The van der Waals surface area contributed by atoms with Crippen molar-refractivity contribution in [3.05, 3.63) is 188 Å². The second-order valence-corrected chi connectivity index (χ2v) is 14.9. The van der Waals surface area contributed by atoms with E-state index in [1.54, 1.807) is 0 Å². The average Bonchev–Trinajstić information content (AvgIpc) is 3.97. The highest BCUT2D eigenvalue weighted by Crippen LogP contribution is 2.40. The van der Waals surface area contributed by atoms with Gasteiger partial charge < -0.3 is 13.4 Å². The summed E-state index contributed by atoms with van der Waals surface area (Å²) in [4.78, 5) is 10.0. The highest BCUT2D eigenvalue weighted by Gasteiger charge is 2.20. The normalized spacial score (nSPS) is 11.7. The Balaban J connectivity index is 0.978. The number of fused-ring (bicyclic) bond motifs is 9. The molecule has 12 rings (SSSR count). The maximum Gasteiger partial charge on any atom is 0.160 e. The third kappa shape index (κ3) is 5.19. The molecule has 6 heteroatoms. The van der Waals surface area contributed by atoms with Crippen LogP contribution < -0.4 is 0 Å². The zero-order chi connectivity index (χ0) is 39.0. The third-order valence-corrected chi connectivity index (χ3v) is 11.5. The summed E-state index contributed by atoms with van der Waals surface area (Å²) in [6.07, 6.45) is 0. The smallest absolute Gasteiger partial charge is 0.160 e. The fraction of sp³-hybridized carbons (Fsp3) is 0. The van der Waals surface area contributed by atoms with Crippen molar-refractivity contribution in [1.82, 2.24) is 14.5 Å². The zero-order valence-corrected chi connectivity index (χ0v) is 31.4. The second kappa shape index (κ2) is 12.9. The average molecular weight is 755 g/mol. The van der Waals surface area contributed by atoms with Crippen LogP contribution in [-0.4, -0.2) is 14.5 Å². The monoisotopic (exact) mass is 754 g/mol. The Morgan fingerprint density at radius 3 is 1.68 bits per heavy atom. The van der Waals surface area contributed by atoms with Gasteiger partial charge in [-0.3, -0.25) is 0 Å². The van der Waals surface area contributed by atoms with Crippen LogP contribution in [0.3, 0.4) is 0 Å². The number of benzene rings is 8. The van der Waals surface area contributed by atoms with Crippen LogP contribution >= 0.6 is 0 Å². The highest BCUT2D eigenvalue weighted by atomic mass is 16.3. The quantitative estimate of drug-likeness (QED) is 0.175. The van der Waals surface area contributed by atoms with Gasteiger partial charge in [0.15, 0.2) is 5.82 Å². The van der Waals surface area contributed by atoms with Gasteiger partial charge in [0.1, 0.15) is 34.0 Å². The number of aromatic nitrogens is 3. The molecule has 0 atom stereocenters. The second-order valence-electron chi connectivity index (χ2n) is 14.9. The predicted octanol–water partition coefficient (Wildman–Crippen LogP) is 13.9. The van der Waals surface area contributed by atoms with E-state index in [2.05, 4.69) is 108 Å². The Kier molecular flexibility index (Phi) is 7.19. The van der Waals surface area contributed by atoms with Gasteiger partial charge in [0.2, 0.25) is 0 Å². The van der Waals surface area contributed by atoms with Crippen molar-refractivity contribution in [2.45, 2.75) is 0 Å². The molecule has 0 aliphatic heterocycles. The molecule has 274 valence electrons. The van der Waals surface area contributed by atoms with E-state index in [1.165, 1.54) is 10.8 Å². The van der Waals surface area contributed by atoms with E-state index in [9.17, 15) is 5.26 Å². The van der Waals surface area contributed by atoms with Crippen molar-refractivity contribution in [3.8, 4) is 56.8 Å². The summed E-state index contributed by atoms with van der Waals surface area (Å²) in [5, 5.41) is 17.0. The van der Waals surface area contributed by atoms with Crippen LogP contribution in [0, 0.1) is 11.3 Å². The molecule has 4 heterocycles. The number of furan rings is 2. The summed E-state index contributed by atoms with van der Waals surface area (Å²) in [7, 11) is 0. The summed E-state index contributed by atoms with van der Waals surface area (Å²) in [6, 6.07) is 64.6. The first kappa shape index (κ1) is 32.9. The van der Waals surface area contributed by atoms with Crippen molar-refractivity contribution in [2.24, 2.45) is 0 Å².